The maximum Gasteiger partial charge on any atom is 0.252 e. The van der Waals surface area contributed by atoms with Crippen LogP contribution in [0.25, 0.3) is 11.0 Å². The molecule has 0 aliphatic heterocycles. The fraction of sp³-hybridized carbons (Fsp3) is 0.400. The lowest BCUT2D eigenvalue weighted by Gasteiger charge is -2.12. The molecule has 2 aromatic heterocycles. The zero-order chi connectivity index (χ0) is 20.8. The number of carbonyl (C=O) groups excluding carboxylic acids is 1. The highest BCUT2D eigenvalue weighted by Gasteiger charge is 2.15. The summed E-state index contributed by atoms with van der Waals surface area (Å²) in [6.45, 7) is 7.23. The van der Waals surface area contributed by atoms with Crippen molar-refractivity contribution in [3.8, 4) is 0 Å². The summed E-state index contributed by atoms with van der Waals surface area (Å²) in [5, 5.41) is 12.5. The molecule has 0 saturated heterocycles. The average Bonchev–Trinajstić information content (AvgIpc) is 3.11. The third-order valence-corrected chi connectivity index (χ3v) is 5.66. The van der Waals surface area contributed by atoms with Crippen LogP contribution >= 0.6 is 23.5 Å². The van der Waals surface area contributed by atoms with Gasteiger partial charge in [0.1, 0.15) is 5.82 Å². The summed E-state index contributed by atoms with van der Waals surface area (Å²) >= 11 is 3.16. The summed E-state index contributed by atoms with van der Waals surface area (Å²) in [7, 11) is 0. The first-order valence-corrected chi connectivity index (χ1v) is 11.8. The minimum absolute atomic E-state index is 0.0783. The Morgan fingerprint density at radius 1 is 1.24 bits per heavy atom. The minimum Gasteiger partial charge on any atom is -0.367 e. The number of nitrogens with one attached hydrogen (secondary N) is 2. The normalized spacial score (nSPS) is 11.2. The van der Waals surface area contributed by atoms with Crippen molar-refractivity contribution in [3.63, 3.8) is 0 Å². The Labute approximate surface area is 179 Å². The van der Waals surface area contributed by atoms with E-state index in [-0.39, 0.29) is 11.9 Å². The Balaban J connectivity index is 1.76. The largest absolute Gasteiger partial charge is 0.367 e. The second-order valence-corrected chi connectivity index (χ2v) is 8.73. The molecule has 1 amide bonds. The van der Waals surface area contributed by atoms with Crippen molar-refractivity contribution in [2.75, 3.05) is 23.9 Å². The zero-order valence-electron chi connectivity index (χ0n) is 17.1. The number of hydrogen-bond donors (Lipinski definition) is 2. The first kappa shape index (κ1) is 21.4. The van der Waals surface area contributed by atoms with E-state index in [1.807, 2.05) is 35.2 Å². The number of hydrogen-bond acceptors (Lipinski definition) is 7. The van der Waals surface area contributed by atoms with Gasteiger partial charge >= 0.3 is 0 Å². The molecule has 9 heteroatoms. The number of nitrogens with zero attached hydrogens (tertiary/aromatic N) is 4. The molecular weight excluding hydrogens is 404 g/mol. The third-order valence-electron chi connectivity index (χ3n) is 4.14. The van der Waals surface area contributed by atoms with Gasteiger partial charge in [-0.05, 0) is 38.0 Å². The Hall–Kier alpha value is -2.26. The van der Waals surface area contributed by atoms with Gasteiger partial charge in [0.25, 0.3) is 5.91 Å². The summed E-state index contributed by atoms with van der Waals surface area (Å²) in [5.74, 6) is 1.61. The predicted molar refractivity (Wildman–Crippen MR) is 121 cm³/mol. The second-order valence-electron chi connectivity index (χ2n) is 6.65. The number of aromatic nitrogens is 4. The van der Waals surface area contributed by atoms with Crippen LogP contribution in [0.15, 0.2) is 40.5 Å². The number of carbonyl (C=O) groups is 1. The highest BCUT2D eigenvalue weighted by atomic mass is 32.2. The van der Waals surface area contributed by atoms with Crippen molar-refractivity contribution in [1.29, 1.82) is 0 Å². The molecular formula is C20H26N6OS2. The number of thioether (sulfide) groups is 2. The van der Waals surface area contributed by atoms with E-state index in [4.69, 9.17) is 0 Å². The lowest BCUT2D eigenvalue weighted by atomic mass is 10.2. The molecule has 0 aliphatic rings. The molecule has 2 N–H and O–H groups in total. The van der Waals surface area contributed by atoms with Crippen molar-refractivity contribution in [2.24, 2.45) is 0 Å². The van der Waals surface area contributed by atoms with Gasteiger partial charge in [-0.2, -0.15) is 5.10 Å². The van der Waals surface area contributed by atoms with Crippen molar-refractivity contribution in [3.05, 3.63) is 36.0 Å². The van der Waals surface area contributed by atoms with Crippen molar-refractivity contribution < 1.29 is 4.79 Å². The SMILES string of the molecule is CCSc1nc(NC(C)C)c2cnn(CCNC(=O)c3ccccc3SC)c2n1. The van der Waals surface area contributed by atoms with Gasteiger partial charge in [-0.1, -0.05) is 30.8 Å². The highest BCUT2D eigenvalue weighted by molar-refractivity contribution is 7.99. The van der Waals surface area contributed by atoms with Crippen molar-refractivity contribution in [2.45, 2.75) is 43.4 Å². The summed E-state index contributed by atoms with van der Waals surface area (Å²) in [5.41, 5.74) is 1.47. The number of fused-ring (bicyclic) bond motifs is 1. The van der Waals surface area contributed by atoms with Crippen LogP contribution in [0.3, 0.4) is 0 Å². The Bertz CT molecular complexity index is 988. The van der Waals surface area contributed by atoms with Gasteiger partial charge in [0, 0.05) is 17.5 Å². The Morgan fingerprint density at radius 2 is 2.03 bits per heavy atom. The molecule has 3 rings (SSSR count). The second kappa shape index (κ2) is 9.98. The molecule has 0 unspecified atom stereocenters. The third kappa shape index (κ3) is 5.22. The summed E-state index contributed by atoms with van der Waals surface area (Å²) in [6.07, 6.45) is 3.75. The van der Waals surface area contributed by atoms with E-state index < -0.39 is 0 Å². The maximum atomic E-state index is 12.5. The average molecular weight is 431 g/mol. The molecule has 0 atom stereocenters. The van der Waals surface area contributed by atoms with Gasteiger partial charge in [-0.25, -0.2) is 14.6 Å². The van der Waals surface area contributed by atoms with Crippen LogP contribution in [0.4, 0.5) is 5.82 Å². The molecule has 7 nitrogen and oxygen atoms in total. The number of anilines is 1. The number of rotatable bonds is 9. The zero-order valence-corrected chi connectivity index (χ0v) is 18.7. The van der Waals surface area contributed by atoms with Crippen LogP contribution in [0.5, 0.6) is 0 Å². The summed E-state index contributed by atoms with van der Waals surface area (Å²) < 4.78 is 1.82. The van der Waals surface area contributed by atoms with Gasteiger partial charge in [0.05, 0.1) is 23.7 Å². The van der Waals surface area contributed by atoms with Gasteiger partial charge < -0.3 is 10.6 Å². The van der Waals surface area contributed by atoms with Gasteiger partial charge in [-0.15, -0.1) is 11.8 Å². The fourth-order valence-electron chi connectivity index (χ4n) is 2.88. The van der Waals surface area contributed by atoms with E-state index in [0.29, 0.717) is 18.7 Å². The smallest absolute Gasteiger partial charge is 0.252 e. The topological polar surface area (TPSA) is 84.7 Å². The fourth-order valence-corrected chi connectivity index (χ4v) is 4.04. The lowest BCUT2D eigenvalue weighted by molar-refractivity contribution is 0.0949. The van der Waals surface area contributed by atoms with E-state index in [9.17, 15) is 4.79 Å². The number of amides is 1. The summed E-state index contributed by atoms with van der Waals surface area (Å²) in [4.78, 5) is 22.8. The van der Waals surface area contributed by atoms with Crippen LogP contribution in [0.2, 0.25) is 0 Å². The van der Waals surface area contributed by atoms with E-state index in [1.54, 1.807) is 29.7 Å². The van der Waals surface area contributed by atoms with Crippen LogP contribution in [0, 0.1) is 0 Å². The molecule has 154 valence electrons. The first-order valence-electron chi connectivity index (χ1n) is 9.57. The monoisotopic (exact) mass is 430 g/mol. The molecule has 1 aromatic carbocycles. The molecule has 29 heavy (non-hydrogen) atoms. The highest BCUT2D eigenvalue weighted by Crippen LogP contribution is 2.25. The van der Waals surface area contributed by atoms with E-state index in [1.165, 1.54) is 0 Å². The Kier molecular flexibility index (Phi) is 7.38. The molecule has 0 spiro atoms. The number of benzene rings is 1. The van der Waals surface area contributed by atoms with Crippen molar-refractivity contribution >= 4 is 46.3 Å². The van der Waals surface area contributed by atoms with Gasteiger partial charge in [0.2, 0.25) is 0 Å². The molecule has 0 fully saturated rings. The maximum absolute atomic E-state index is 12.5. The molecule has 3 aromatic rings. The standard InChI is InChI=1S/C20H26N6OS2/c1-5-29-20-24-17(23-13(2)3)15-12-22-26(18(15)25-20)11-10-21-19(27)14-8-6-7-9-16(14)28-4/h6-9,12-13H,5,10-11H2,1-4H3,(H,21,27)(H,23,24,25). The van der Waals surface area contributed by atoms with E-state index in [0.717, 1.165) is 32.7 Å². The van der Waals surface area contributed by atoms with E-state index in [2.05, 4.69) is 46.5 Å². The predicted octanol–water partition coefficient (Wildman–Crippen LogP) is 3.91. The first-order chi connectivity index (χ1) is 14.0. The summed E-state index contributed by atoms with van der Waals surface area (Å²) in [6, 6.07) is 7.87. The minimum atomic E-state index is -0.0783. The van der Waals surface area contributed by atoms with Crippen LogP contribution < -0.4 is 10.6 Å². The van der Waals surface area contributed by atoms with E-state index >= 15 is 0 Å². The molecule has 0 aliphatic carbocycles. The quantitative estimate of drug-likeness (QED) is 0.393. The van der Waals surface area contributed by atoms with Gasteiger partial charge in [0.15, 0.2) is 10.8 Å². The van der Waals surface area contributed by atoms with Crippen LogP contribution in [0.1, 0.15) is 31.1 Å². The van der Waals surface area contributed by atoms with Crippen LogP contribution in [-0.2, 0) is 6.54 Å². The Morgan fingerprint density at radius 3 is 2.76 bits per heavy atom. The molecule has 0 saturated carbocycles. The van der Waals surface area contributed by atoms with Gasteiger partial charge in [-0.3, -0.25) is 4.79 Å². The molecule has 0 bridgehead atoms. The molecule has 0 radical (unpaired) electrons. The van der Waals surface area contributed by atoms with Crippen LogP contribution in [-0.4, -0.2) is 50.3 Å². The lowest BCUT2D eigenvalue weighted by Crippen LogP contribution is -2.28. The molecule has 2 heterocycles. The van der Waals surface area contributed by atoms with Crippen molar-refractivity contribution in [1.82, 2.24) is 25.1 Å².